The van der Waals surface area contributed by atoms with Crippen LogP contribution in [0.5, 0.6) is 0 Å². The third-order valence-electron chi connectivity index (χ3n) is 7.56. The van der Waals surface area contributed by atoms with E-state index < -0.39 is 5.82 Å². The Morgan fingerprint density at radius 2 is 1.92 bits per heavy atom. The highest BCUT2D eigenvalue weighted by atomic mass is 19.1. The molecule has 6 heteroatoms. The van der Waals surface area contributed by atoms with Crippen LogP contribution in [-0.2, 0) is 0 Å². The first kappa shape index (κ1) is 24.3. The average Bonchev–Trinajstić information content (AvgIpc) is 2.87. The Morgan fingerprint density at radius 3 is 2.72 bits per heavy atom. The number of hydrogen-bond donors (Lipinski definition) is 2. The number of halogens is 1. The van der Waals surface area contributed by atoms with Crippen molar-refractivity contribution in [2.24, 2.45) is 17.6 Å². The van der Waals surface area contributed by atoms with Crippen molar-refractivity contribution in [1.82, 2.24) is 9.97 Å². The third kappa shape index (κ3) is 4.82. The largest absolute Gasteiger partial charge is 0.328 e. The number of rotatable bonds is 3. The smallest absolute Gasteiger partial charge is 0.274 e. The third-order valence-corrected chi connectivity index (χ3v) is 7.56. The Labute approximate surface area is 212 Å². The number of fused-ring (bicyclic) bond motifs is 8. The molecule has 3 aromatic rings. The lowest BCUT2D eigenvalue weighted by Gasteiger charge is -2.34. The summed E-state index contributed by atoms with van der Waals surface area (Å²) in [5.74, 6) is -0.0789. The van der Waals surface area contributed by atoms with E-state index in [-0.39, 0.29) is 41.1 Å². The first-order chi connectivity index (χ1) is 17.4. The molecule has 1 amide bonds. The van der Waals surface area contributed by atoms with Crippen molar-refractivity contribution in [2.75, 3.05) is 5.32 Å². The van der Waals surface area contributed by atoms with Gasteiger partial charge in [-0.3, -0.25) is 9.78 Å². The van der Waals surface area contributed by atoms with Crippen LogP contribution in [0.2, 0.25) is 0 Å². The van der Waals surface area contributed by atoms with Crippen LogP contribution in [0.25, 0.3) is 16.8 Å². The topological polar surface area (TPSA) is 80.9 Å². The minimum Gasteiger partial charge on any atom is -0.328 e. The van der Waals surface area contributed by atoms with Gasteiger partial charge in [0.15, 0.2) is 0 Å². The lowest BCUT2D eigenvalue weighted by Crippen LogP contribution is -2.32. The van der Waals surface area contributed by atoms with E-state index in [0.29, 0.717) is 11.3 Å². The Bertz CT molecular complexity index is 1300. The van der Waals surface area contributed by atoms with E-state index in [4.69, 9.17) is 5.73 Å². The molecule has 4 unspecified atom stereocenters. The van der Waals surface area contributed by atoms with E-state index in [0.717, 1.165) is 43.2 Å². The van der Waals surface area contributed by atoms with E-state index in [9.17, 15) is 4.79 Å². The molecule has 1 aromatic carbocycles. The lowest BCUT2D eigenvalue weighted by atomic mass is 9.73. The maximum atomic E-state index is 15.2. The van der Waals surface area contributed by atoms with Gasteiger partial charge >= 0.3 is 0 Å². The number of nitrogens with one attached hydrogen (secondary N) is 1. The second kappa shape index (κ2) is 10.3. The quantitative estimate of drug-likeness (QED) is 0.440. The lowest BCUT2D eigenvalue weighted by molar-refractivity contribution is 0.102. The number of nitrogens with zero attached hydrogens (tertiary/aromatic N) is 2. The van der Waals surface area contributed by atoms with E-state index in [1.54, 1.807) is 12.4 Å². The Morgan fingerprint density at radius 1 is 1.11 bits per heavy atom. The molecule has 3 heterocycles. The summed E-state index contributed by atoms with van der Waals surface area (Å²) in [5.41, 5.74) is 11.5. The molecular formula is C30H33FN4O. The number of benzene rings is 1. The van der Waals surface area contributed by atoms with Gasteiger partial charge in [-0.05, 0) is 78.3 Å². The van der Waals surface area contributed by atoms with Crippen LogP contribution in [0, 0.1) is 17.7 Å². The number of allylic oxidation sites excluding steroid dienone is 2. The normalized spacial score (nSPS) is 22.4. The molecule has 2 aliphatic rings. The number of nitrogens with two attached hydrogens (primary N) is 1. The molecule has 186 valence electrons. The molecule has 4 atom stereocenters. The molecule has 5 nitrogen and oxygen atoms in total. The second-order valence-electron chi connectivity index (χ2n) is 10.2. The highest BCUT2D eigenvalue weighted by Gasteiger charge is 2.30. The summed E-state index contributed by atoms with van der Waals surface area (Å²) in [6, 6.07) is 12.6. The van der Waals surface area contributed by atoms with Crippen LogP contribution >= 0.6 is 0 Å². The first-order valence-electron chi connectivity index (χ1n) is 12.9. The Kier molecular flexibility index (Phi) is 6.97. The number of amides is 1. The molecular weight excluding hydrogens is 451 g/mol. The molecule has 1 saturated carbocycles. The Balaban J connectivity index is 1.75. The zero-order valence-electron chi connectivity index (χ0n) is 20.9. The molecule has 5 rings (SSSR count). The van der Waals surface area contributed by atoms with Gasteiger partial charge in [0.2, 0.25) is 0 Å². The number of carbonyl (C=O) groups excluding carboxylic acids is 1. The minimum atomic E-state index is -0.449. The van der Waals surface area contributed by atoms with Gasteiger partial charge in [0.1, 0.15) is 17.2 Å². The molecule has 2 aromatic heterocycles. The fourth-order valence-corrected chi connectivity index (χ4v) is 5.91. The van der Waals surface area contributed by atoms with Gasteiger partial charge in [-0.15, -0.1) is 0 Å². The molecule has 1 aliphatic carbocycles. The van der Waals surface area contributed by atoms with Crippen molar-refractivity contribution in [3.63, 3.8) is 0 Å². The fraction of sp³-hybridized carbons (Fsp3) is 0.367. The Hall–Kier alpha value is -3.38. The maximum Gasteiger partial charge on any atom is 0.274 e. The number of aromatic nitrogens is 2. The standard InChI is InChI=1S/C30H33FN4O/c1-3-6-18(2)25-15-19-13-20(16-21(32)14-19)22-11-12-33-17-28(22)35-30(36)27-10-9-26(31)29(34-27)24-8-5-4-7-23(24)25/h4-5,7-12,15,17-21H,3,6,13-14,16,32H2,1-2H3,(H,35,36). The molecule has 3 N–H and O–H groups in total. The number of pyridine rings is 2. The van der Waals surface area contributed by atoms with Crippen molar-refractivity contribution >= 4 is 17.2 Å². The van der Waals surface area contributed by atoms with Crippen molar-refractivity contribution < 1.29 is 9.18 Å². The molecule has 0 saturated heterocycles. The molecule has 0 spiro atoms. The van der Waals surface area contributed by atoms with Gasteiger partial charge in [0.05, 0.1) is 11.9 Å². The predicted molar refractivity (Wildman–Crippen MR) is 142 cm³/mol. The zero-order chi connectivity index (χ0) is 25.2. The van der Waals surface area contributed by atoms with Crippen molar-refractivity contribution in [3.8, 4) is 11.3 Å². The van der Waals surface area contributed by atoms with E-state index >= 15 is 4.39 Å². The van der Waals surface area contributed by atoms with Gasteiger partial charge in [0.25, 0.3) is 5.91 Å². The summed E-state index contributed by atoms with van der Waals surface area (Å²) in [7, 11) is 0. The maximum absolute atomic E-state index is 15.2. The highest BCUT2D eigenvalue weighted by Crippen LogP contribution is 2.42. The van der Waals surface area contributed by atoms with E-state index in [1.807, 2.05) is 30.3 Å². The predicted octanol–water partition coefficient (Wildman–Crippen LogP) is 6.58. The fourth-order valence-electron chi connectivity index (χ4n) is 5.91. The summed E-state index contributed by atoms with van der Waals surface area (Å²) in [5, 5.41) is 2.99. The minimum absolute atomic E-state index is 0.0550. The van der Waals surface area contributed by atoms with Gasteiger partial charge in [-0.25, -0.2) is 9.37 Å². The average molecular weight is 485 g/mol. The summed E-state index contributed by atoms with van der Waals surface area (Å²) in [6.45, 7) is 4.43. The molecule has 4 bridgehead atoms. The molecule has 0 radical (unpaired) electrons. The SMILES string of the molecule is CCCC(C)C1=CC2CC(N)CC(C2)c2ccncc2NC(=O)c2ccc(F)c(n2)-c2ccccc21. The van der Waals surface area contributed by atoms with Gasteiger partial charge in [-0.2, -0.15) is 0 Å². The van der Waals surface area contributed by atoms with Crippen molar-refractivity contribution in [3.05, 3.63) is 83.6 Å². The van der Waals surface area contributed by atoms with Crippen LogP contribution in [-0.4, -0.2) is 21.9 Å². The highest BCUT2D eigenvalue weighted by molar-refractivity contribution is 6.03. The van der Waals surface area contributed by atoms with E-state index in [2.05, 4.69) is 35.2 Å². The van der Waals surface area contributed by atoms with Gasteiger partial charge in [0, 0.05) is 17.8 Å². The summed E-state index contributed by atoms with van der Waals surface area (Å²) in [6.07, 6.45) is 10.6. The second-order valence-corrected chi connectivity index (χ2v) is 10.2. The van der Waals surface area contributed by atoms with E-state index in [1.165, 1.54) is 17.7 Å². The van der Waals surface area contributed by atoms with Crippen LogP contribution in [0.15, 0.2) is 60.9 Å². The summed E-state index contributed by atoms with van der Waals surface area (Å²) < 4.78 is 15.2. The number of hydrogen-bond acceptors (Lipinski definition) is 4. The van der Waals surface area contributed by atoms with Crippen LogP contribution in [0.1, 0.15) is 73.5 Å². The summed E-state index contributed by atoms with van der Waals surface area (Å²) >= 11 is 0. The molecule has 1 fully saturated rings. The molecule has 1 aliphatic heterocycles. The zero-order valence-corrected chi connectivity index (χ0v) is 20.9. The van der Waals surface area contributed by atoms with Crippen LogP contribution < -0.4 is 11.1 Å². The summed E-state index contributed by atoms with van der Waals surface area (Å²) in [4.78, 5) is 22.0. The molecule has 36 heavy (non-hydrogen) atoms. The number of anilines is 1. The van der Waals surface area contributed by atoms with Crippen molar-refractivity contribution in [2.45, 2.75) is 57.9 Å². The van der Waals surface area contributed by atoms with Gasteiger partial charge < -0.3 is 11.1 Å². The van der Waals surface area contributed by atoms with Crippen LogP contribution in [0.4, 0.5) is 10.1 Å². The number of carbonyl (C=O) groups is 1. The first-order valence-corrected chi connectivity index (χ1v) is 12.9. The van der Waals surface area contributed by atoms with Gasteiger partial charge in [-0.1, -0.05) is 50.6 Å². The monoisotopic (exact) mass is 484 g/mol. The van der Waals surface area contributed by atoms with Crippen molar-refractivity contribution in [1.29, 1.82) is 0 Å². The van der Waals surface area contributed by atoms with Crippen LogP contribution in [0.3, 0.4) is 0 Å².